The van der Waals surface area contributed by atoms with Crippen LogP contribution in [0.2, 0.25) is 0 Å². The van der Waals surface area contributed by atoms with E-state index in [1.165, 1.54) is 0 Å². The molecule has 1 unspecified atom stereocenters. The van der Waals surface area contributed by atoms with Crippen LogP contribution >= 0.6 is 0 Å². The highest BCUT2D eigenvalue weighted by Crippen LogP contribution is 2.19. The third-order valence-electron chi connectivity index (χ3n) is 2.72. The summed E-state index contributed by atoms with van der Waals surface area (Å²) in [4.78, 5) is 0. The highest BCUT2D eigenvalue weighted by molar-refractivity contribution is 5.30. The first-order valence-corrected chi connectivity index (χ1v) is 5.25. The summed E-state index contributed by atoms with van der Waals surface area (Å²) in [6.45, 7) is 3.79. The van der Waals surface area contributed by atoms with Gasteiger partial charge in [0.25, 0.3) is 0 Å². The zero-order valence-corrected chi connectivity index (χ0v) is 9.33. The molecule has 80 valence electrons. The summed E-state index contributed by atoms with van der Waals surface area (Å²) in [5, 5.41) is 18.7. The monoisotopic (exact) mass is 203 g/mol. The van der Waals surface area contributed by atoms with Crippen molar-refractivity contribution in [3.05, 3.63) is 35.4 Å². The molecule has 0 saturated carbocycles. The van der Waals surface area contributed by atoms with Crippen LogP contribution in [0.15, 0.2) is 24.3 Å². The van der Waals surface area contributed by atoms with Crippen molar-refractivity contribution in [1.82, 2.24) is 0 Å². The van der Waals surface area contributed by atoms with Crippen molar-refractivity contribution >= 4 is 0 Å². The molecule has 0 bridgehead atoms. The highest BCUT2D eigenvalue weighted by Gasteiger charge is 2.19. The lowest BCUT2D eigenvalue weighted by Crippen LogP contribution is -2.26. The van der Waals surface area contributed by atoms with Crippen molar-refractivity contribution in [1.29, 1.82) is 5.26 Å². The fourth-order valence-corrected chi connectivity index (χ4v) is 1.52. The van der Waals surface area contributed by atoms with E-state index < -0.39 is 5.60 Å². The second-order valence-corrected chi connectivity index (χ2v) is 4.13. The lowest BCUT2D eigenvalue weighted by molar-refractivity contribution is 0.0563. The Morgan fingerprint density at radius 1 is 1.33 bits per heavy atom. The predicted molar refractivity (Wildman–Crippen MR) is 60.4 cm³/mol. The van der Waals surface area contributed by atoms with Gasteiger partial charge < -0.3 is 5.11 Å². The summed E-state index contributed by atoms with van der Waals surface area (Å²) < 4.78 is 0. The van der Waals surface area contributed by atoms with E-state index in [0.29, 0.717) is 19.3 Å². The summed E-state index contributed by atoms with van der Waals surface area (Å²) in [6, 6.07) is 9.95. The highest BCUT2D eigenvalue weighted by atomic mass is 16.3. The smallest absolute Gasteiger partial charge is 0.0669 e. The van der Waals surface area contributed by atoms with Crippen molar-refractivity contribution in [2.24, 2.45) is 0 Å². The molecule has 0 aliphatic heterocycles. The molecule has 0 aliphatic rings. The van der Waals surface area contributed by atoms with Crippen LogP contribution < -0.4 is 0 Å². The molecule has 0 radical (unpaired) electrons. The first kappa shape index (κ1) is 11.7. The molecule has 2 nitrogen and oxygen atoms in total. The molecule has 1 rings (SSSR count). The summed E-state index contributed by atoms with van der Waals surface area (Å²) in [6.07, 6.45) is 1.74. The van der Waals surface area contributed by atoms with Crippen LogP contribution in [0.25, 0.3) is 0 Å². The Morgan fingerprint density at radius 2 is 1.93 bits per heavy atom. The number of hydrogen-bond acceptors (Lipinski definition) is 2. The van der Waals surface area contributed by atoms with E-state index in [2.05, 4.69) is 6.07 Å². The standard InChI is InChI=1S/C13H17NO/c1-3-13(2,15)10-12-7-5-4-6-11(12)8-9-14/h4-7,15H,3,8,10H2,1-2H3. The number of nitrogens with zero attached hydrogens (tertiary/aromatic N) is 1. The molecule has 15 heavy (non-hydrogen) atoms. The van der Waals surface area contributed by atoms with Gasteiger partial charge >= 0.3 is 0 Å². The van der Waals surface area contributed by atoms with Crippen molar-refractivity contribution in [3.63, 3.8) is 0 Å². The van der Waals surface area contributed by atoms with Crippen molar-refractivity contribution in [3.8, 4) is 6.07 Å². The van der Waals surface area contributed by atoms with Crippen LogP contribution in [0.1, 0.15) is 31.4 Å². The normalized spacial score (nSPS) is 14.3. The van der Waals surface area contributed by atoms with Gasteiger partial charge in [-0.1, -0.05) is 31.2 Å². The van der Waals surface area contributed by atoms with Gasteiger partial charge in [-0.15, -0.1) is 0 Å². The van der Waals surface area contributed by atoms with Crippen LogP contribution in [-0.4, -0.2) is 10.7 Å². The third-order valence-corrected chi connectivity index (χ3v) is 2.72. The van der Waals surface area contributed by atoms with Crippen molar-refractivity contribution in [2.45, 2.75) is 38.7 Å². The minimum absolute atomic E-state index is 0.413. The lowest BCUT2D eigenvalue weighted by Gasteiger charge is -2.22. The molecule has 0 heterocycles. The molecular formula is C13H17NO. The number of hydrogen-bond donors (Lipinski definition) is 1. The second-order valence-electron chi connectivity index (χ2n) is 4.13. The van der Waals surface area contributed by atoms with E-state index in [1.807, 2.05) is 38.1 Å². The van der Waals surface area contributed by atoms with Gasteiger partial charge in [0.1, 0.15) is 0 Å². The molecule has 0 aromatic heterocycles. The zero-order valence-electron chi connectivity index (χ0n) is 9.33. The summed E-state index contributed by atoms with van der Waals surface area (Å²) in [5.74, 6) is 0. The Hall–Kier alpha value is -1.33. The lowest BCUT2D eigenvalue weighted by atomic mass is 9.91. The average Bonchev–Trinajstić information content (AvgIpc) is 2.21. The first-order chi connectivity index (χ1) is 7.09. The fourth-order valence-electron chi connectivity index (χ4n) is 1.52. The van der Waals surface area contributed by atoms with Crippen LogP contribution in [0, 0.1) is 11.3 Å². The quantitative estimate of drug-likeness (QED) is 0.816. The molecule has 1 aromatic carbocycles. The summed E-state index contributed by atoms with van der Waals surface area (Å²) in [7, 11) is 0. The van der Waals surface area contributed by atoms with E-state index in [9.17, 15) is 5.11 Å². The summed E-state index contributed by atoms with van der Waals surface area (Å²) in [5.41, 5.74) is 1.42. The topological polar surface area (TPSA) is 44.0 Å². The van der Waals surface area contributed by atoms with Crippen LogP contribution in [0.4, 0.5) is 0 Å². The van der Waals surface area contributed by atoms with Gasteiger partial charge in [0.05, 0.1) is 18.1 Å². The molecule has 0 aliphatic carbocycles. The summed E-state index contributed by atoms with van der Waals surface area (Å²) >= 11 is 0. The number of aliphatic hydroxyl groups is 1. The van der Waals surface area contributed by atoms with Gasteiger partial charge in [0.15, 0.2) is 0 Å². The van der Waals surface area contributed by atoms with Crippen LogP contribution in [0.5, 0.6) is 0 Å². The molecule has 0 amide bonds. The SMILES string of the molecule is CCC(C)(O)Cc1ccccc1CC#N. The van der Waals surface area contributed by atoms with Crippen LogP contribution in [-0.2, 0) is 12.8 Å². The third kappa shape index (κ3) is 3.38. The van der Waals surface area contributed by atoms with Crippen molar-refractivity contribution < 1.29 is 5.11 Å². The van der Waals surface area contributed by atoms with Gasteiger partial charge in [-0.2, -0.15) is 5.26 Å². The Bertz CT molecular complexity index is 363. The second kappa shape index (κ2) is 4.95. The molecule has 2 heteroatoms. The average molecular weight is 203 g/mol. The molecule has 0 spiro atoms. The maximum Gasteiger partial charge on any atom is 0.0669 e. The number of nitriles is 1. The Labute approximate surface area is 91.2 Å². The number of benzene rings is 1. The first-order valence-electron chi connectivity index (χ1n) is 5.25. The maximum absolute atomic E-state index is 9.99. The molecule has 1 atom stereocenters. The number of rotatable bonds is 4. The van der Waals surface area contributed by atoms with Crippen molar-refractivity contribution in [2.75, 3.05) is 0 Å². The van der Waals surface area contributed by atoms with Crippen LogP contribution in [0.3, 0.4) is 0 Å². The fraction of sp³-hybridized carbons (Fsp3) is 0.462. The van der Waals surface area contributed by atoms with E-state index >= 15 is 0 Å². The van der Waals surface area contributed by atoms with E-state index in [-0.39, 0.29) is 0 Å². The zero-order chi connectivity index (χ0) is 11.3. The molecule has 0 fully saturated rings. The van der Waals surface area contributed by atoms with E-state index in [4.69, 9.17) is 5.26 Å². The molecular weight excluding hydrogens is 186 g/mol. The minimum atomic E-state index is -0.675. The van der Waals surface area contributed by atoms with Gasteiger partial charge in [-0.3, -0.25) is 0 Å². The Balaban J connectivity index is 2.90. The van der Waals surface area contributed by atoms with E-state index in [1.54, 1.807) is 0 Å². The van der Waals surface area contributed by atoms with Gasteiger partial charge in [-0.05, 0) is 24.5 Å². The Morgan fingerprint density at radius 3 is 2.47 bits per heavy atom. The minimum Gasteiger partial charge on any atom is -0.390 e. The molecule has 0 saturated heterocycles. The molecule has 1 aromatic rings. The Kier molecular flexibility index (Phi) is 3.88. The predicted octanol–water partition coefficient (Wildman–Crippen LogP) is 2.46. The van der Waals surface area contributed by atoms with Gasteiger partial charge in [0, 0.05) is 6.42 Å². The molecule has 1 N–H and O–H groups in total. The van der Waals surface area contributed by atoms with Gasteiger partial charge in [-0.25, -0.2) is 0 Å². The van der Waals surface area contributed by atoms with E-state index in [0.717, 1.165) is 11.1 Å². The maximum atomic E-state index is 9.99. The van der Waals surface area contributed by atoms with Gasteiger partial charge in [0.2, 0.25) is 0 Å². The largest absolute Gasteiger partial charge is 0.390 e.